The molecule has 0 amide bonds. The SMILES string of the molecule is Cc1cc(C)cc(-n2nc(C(C)O)nc2C2CCC(N)CC2)c1. The normalized spacial score (nSPS) is 23.0. The number of aromatic nitrogens is 3. The topological polar surface area (TPSA) is 77.0 Å². The molecule has 3 rings (SSSR count). The van der Waals surface area contributed by atoms with Crippen LogP contribution < -0.4 is 5.73 Å². The third kappa shape index (κ3) is 3.46. The number of nitrogens with two attached hydrogens (primary N) is 1. The molecule has 1 unspecified atom stereocenters. The fourth-order valence-electron chi connectivity index (χ4n) is 3.42. The van der Waals surface area contributed by atoms with Gasteiger partial charge in [0.25, 0.3) is 0 Å². The van der Waals surface area contributed by atoms with Gasteiger partial charge in [-0.05, 0) is 69.7 Å². The third-order valence-corrected chi connectivity index (χ3v) is 4.61. The highest BCUT2D eigenvalue weighted by molar-refractivity contribution is 5.39. The lowest BCUT2D eigenvalue weighted by atomic mass is 9.86. The van der Waals surface area contributed by atoms with Gasteiger partial charge in [0.15, 0.2) is 5.82 Å². The van der Waals surface area contributed by atoms with Crippen LogP contribution in [-0.4, -0.2) is 25.9 Å². The molecular weight excluding hydrogens is 288 g/mol. The second-order valence-electron chi connectivity index (χ2n) is 6.87. The molecule has 0 aliphatic heterocycles. The molecule has 23 heavy (non-hydrogen) atoms. The van der Waals surface area contributed by atoms with Crippen molar-refractivity contribution in [1.29, 1.82) is 0 Å². The van der Waals surface area contributed by atoms with Gasteiger partial charge < -0.3 is 10.8 Å². The number of rotatable bonds is 3. The summed E-state index contributed by atoms with van der Waals surface area (Å²) in [6.07, 6.45) is 3.45. The van der Waals surface area contributed by atoms with E-state index in [1.165, 1.54) is 11.1 Å². The van der Waals surface area contributed by atoms with E-state index >= 15 is 0 Å². The molecule has 2 aromatic rings. The van der Waals surface area contributed by atoms with Crippen molar-refractivity contribution < 1.29 is 5.11 Å². The molecule has 0 bridgehead atoms. The first-order valence-corrected chi connectivity index (χ1v) is 8.43. The van der Waals surface area contributed by atoms with Crippen LogP contribution in [-0.2, 0) is 0 Å². The predicted molar refractivity (Wildman–Crippen MR) is 90.7 cm³/mol. The van der Waals surface area contributed by atoms with Gasteiger partial charge in [0.2, 0.25) is 0 Å². The van der Waals surface area contributed by atoms with Crippen LogP contribution in [0.3, 0.4) is 0 Å². The predicted octanol–water partition coefficient (Wildman–Crippen LogP) is 2.92. The quantitative estimate of drug-likeness (QED) is 0.913. The van der Waals surface area contributed by atoms with Crippen LogP contribution in [0.15, 0.2) is 18.2 Å². The Kier molecular flexibility index (Phi) is 4.50. The second kappa shape index (κ2) is 6.42. The Bertz CT molecular complexity index is 664. The Balaban J connectivity index is 2.04. The van der Waals surface area contributed by atoms with Gasteiger partial charge in [0.05, 0.1) is 5.69 Å². The molecule has 1 aromatic carbocycles. The molecule has 1 atom stereocenters. The highest BCUT2D eigenvalue weighted by Crippen LogP contribution is 2.33. The van der Waals surface area contributed by atoms with E-state index in [2.05, 4.69) is 42.1 Å². The lowest BCUT2D eigenvalue weighted by Gasteiger charge is -2.25. The van der Waals surface area contributed by atoms with Gasteiger partial charge in [-0.25, -0.2) is 9.67 Å². The van der Waals surface area contributed by atoms with Crippen LogP contribution in [0.25, 0.3) is 5.69 Å². The summed E-state index contributed by atoms with van der Waals surface area (Å²) in [5.74, 6) is 1.81. The van der Waals surface area contributed by atoms with E-state index in [1.54, 1.807) is 6.92 Å². The molecule has 1 aliphatic carbocycles. The van der Waals surface area contributed by atoms with Gasteiger partial charge in [0, 0.05) is 12.0 Å². The summed E-state index contributed by atoms with van der Waals surface area (Å²) in [4.78, 5) is 4.66. The fraction of sp³-hybridized carbons (Fsp3) is 0.556. The Morgan fingerprint density at radius 3 is 2.30 bits per heavy atom. The highest BCUT2D eigenvalue weighted by atomic mass is 16.3. The van der Waals surface area contributed by atoms with E-state index < -0.39 is 6.10 Å². The fourth-order valence-corrected chi connectivity index (χ4v) is 3.42. The van der Waals surface area contributed by atoms with Crippen molar-refractivity contribution in [2.75, 3.05) is 0 Å². The van der Waals surface area contributed by atoms with Gasteiger partial charge in [-0.2, -0.15) is 0 Å². The van der Waals surface area contributed by atoms with E-state index in [0.29, 0.717) is 17.8 Å². The van der Waals surface area contributed by atoms with Crippen LogP contribution in [0.4, 0.5) is 0 Å². The maximum absolute atomic E-state index is 9.90. The molecule has 1 heterocycles. The smallest absolute Gasteiger partial charge is 0.179 e. The van der Waals surface area contributed by atoms with Gasteiger partial charge >= 0.3 is 0 Å². The van der Waals surface area contributed by atoms with Gasteiger partial charge in [0.1, 0.15) is 11.9 Å². The Morgan fingerprint density at radius 1 is 1.13 bits per heavy atom. The average Bonchev–Trinajstić information content (AvgIpc) is 2.92. The molecule has 5 heteroatoms. The number of aliphatic hydroxyl groups is 1. The van der Waals surface area contributed by atoms with Crippen LogP contribution in [0, 0.1) is 13.8 Å². The molecule has 1 saturated carbocycles. The second-order valence-corrected chi connectivity index (χ2v) is 6.87. The molecule has 0 saturated heterocycles. The van der Waals surface area contributed by atoms with Gasteiger partial charge in [-0.1, -0.05) is 6.07 Å². The number of nitrogens with zero attached hydrogens (tertiary/aromatic N) is 3. The van der Waals surface area contributed by atoms with Crippen molar-refractivity contribution in [2.24, 2.45) is 5.73 Å². The zero-order valence-corrected chi connectivity index (χ0v) is 14.2. The summed E-state index contributed by atoms with van der Waals surface area (Å²) >= 11 is 0. The largest absolute Gasteiger partial charge is 0.385 e. The van der Waals surface area contributed by atoms with E-state index in [1.807, 2.05) is 4.68 Å². The zero-order chi connectivity index (χ0) is 16.6. The highest BCUT2D eigenvalue weighted by Gasteiger charge is 2.26. The molecule has 1 aromatic heterocycles. The van der Waals surface area contributed by atoms with Crippen LogP contribution >= 0.6 is 0 Å². The van der Waals surface area contributed by atoms with Crippen molar-refractivity contribution >= 4 is 0 Å². The number of aliphatic hydroxyl groups excluding tert-OH is 1. The van der Waals surface area contributed by atoms with Crippen molar-refractivity contribution in [2.45, 2.75) is 64.5 Å². The summed E-state index contributed by atoms with van der Waals surface area (Å²) in [5, 5.41) is 14.5. The van der Waals surface area contributed by atoms with Crippen molar-refractivity contribution in [3.8, 4) is 5.69 Å². The molecular formula is C18H26N4O. The standard InChI is InChI=1S/C18H26N4O/c1-11-8-12(2)10-16(9-11)22-18(20-17(21-22)13(3)23)14-4-6-15(19)7-5-14/h8-10,13-15,23H,4-7,19H2,1-3H3. The molecule has 0 spiro atoms. The lowest BCUT2D eigenvalue weighted by molar-refractivity contribution is 0.189. The van der Waals surface area contributed by atoms with Crippen molar-refractivity contribution in [3.05, 3.63) is 41.0 Å². The first-order chi connectivity index (χ1) is 10.9. The maximum Gasteiger partial charge on any atom is 0.179 e. The summed E-state index contributed by atoms with van der Waals surface area (Å²) in [6.45, 7) is 5.88. The minimum Gasteiger partial charge on any atom is -0.385 e. The van der Waals surface area contributed by atoms with E-state index in [4.69, 9.17) is 5.73 Å². The van der Waals surface area contributed by atoms with Crippen molar-refractivity contribution in [1.82, 2.24) is 14.8 Å². The zero-order valence-electron chi connectivity index (χ0n) is 14.2. The molecule has 0 radical (unpaired) electrons. The van der Waals surface area contributed by atoms with Gasteiger partial charge in [-0.15, -0.1) is 5.10 Å². The first-order valence-electron chi connectivity index (χ1n) is 8.43. The Hall–Kier alpha value is -1.72. The molecule has 5 nitrogen and oxygen atoms in total. The lowest BCUT2D eigenvalue weighted by Crippen LogP contribution is -2.26. The summed E-state index contributed by atoms with van der Waals surface area (Å²) in [6, 6.07) is 6.69. The minimum absolute atomic E-state index is 0.306. The minimum atomic E-state index is -0.660. The van der Waals surface area contributed by atoms with Crippen LogP contribution in [0.2, 0.25) is 0 Å². The number of benzene rings is 1. The molecule has 1 fully saturated rings. The van der Waals surface area contributed by atoms with E-state index in [-0.39, 0.29) is 0 Å². The van der Waals surface area contributed by atoms with Crippen LogP contribution in [0.5, 0.6) is 0 Å². The Morgan fingerprint density at radius 2 is 1.74 bits per heavy atom. The number of hydrogen-bond donors (Lipinski definition) is 2. The first kappa shape index (κ1) is 16.1. The summed E-state index contributed by atoms with van der Waals surface area (Å²) in [5.41, 5.74) is 9.45. The maximum atomic E-state index is 9.90. The van der Waals surface area contributed by atoms with Gasteiger partial charge in [-0.3, -0.25) is 0 Å². The molecule has 3 N–H and O–H groups in total. The third-order valence-electron chi connectivity index (χ3n) is 4.61. The van der Waals surface area contributed by atoms with E-state index in [0.717, 1.165) is 37.2 Å². The van der Waals surface area contributed by atoms with Crippen molar-refractivity contribution in [3.63, 3.8) is 0 Å². The number of aryl methyl sites for hydroxylation is 2. The monoisotopic (exact) mass is 314 g/mol. The number of hydrogen-bond acceptors (Lipinski definition) is 4. The molecule has 124 valence electrons. The Labute approximate surface area is 137 Å². The molecule has 1 aliphatic rings. The van der Waals surface area contributed by atoms with E-state index in [9.17, 15) is 5.11 Å². The summed E-state index contributed by atoms with van der Waals surface area (Å²) < 4.78 is 1.92. The van der Waals surface area contributed by atoms with Crippen LogP contribution in [0.1, 0.15) is 67.4 Å². The average molecular weight is 314 g/mol. The summed E-state index contributed by atoms with van der Waals surface area (Å²) in [7, 11) is 0.